The molecule has 0 saturated carbocycles. The maximum Gasteiger partial charge on any atom is 0.364 e. The molecule has 2 heterocycles. The highest BCUT2D eigenvalue weighted by Gasteiger charge is 2.40. The number of rotatable bonds is 6. The van der Waals surface area contributed by atoms with E-state index in [-0.39, 0.29) is 5.92 Å². The Labute approximate surface area is 181 Å². The first-order valence-corrected chi connectivity index (χ1v) is 10.4. The molecular weight excluding hydrogens is 394 g/mol. The summed E-state index contributed by atoms with van der Waals surface area (Å²) in [6.07, 6.45) is 1.44. The predicted octanol–water partition coefficient (Wildman–Crippen LogP) is 4.56. The summed E-state index contributed by atoms with van der Waals surface area (Å²) < 4.78 is 16.8. The van der Waals surface area contributed by atoms with Crippen LogP contribution >= 0.6 is 0 Å². The lowest BCUT2D eigenvalue weighted by molar-refractivity contribution is -0.270. The van der Waals surface area contributed by atoms with Crippen molar-refractivity contribution in [2.24, 2.45) is 5.92 Å². The van der Waals surface area contributed by atoms with Crippen LogP contribution in [0.2, 0.25) is 0 Å². The highest BCUT2D eigenvalue weighted by molar-refractivity contribution is 5.75. The summed E-state index contributed by atoms with van der Waals surface area (Å²) in [5.41, 5.74) is 5.41. The summed E-state index contributed by atoms with van der Waals surface area (Å²) >= 11 is 0. The molecule has 1 saturated heterocycles. The van der Waals surface area contributed by atoms with Crippen molar-refractivity contribution in [3.63, 3.8) is 0 Å². The summed E-state index contributed by atoms with van der Waals surface area (Å²) in [5, 5.41) is 9.20. The number of aliphatic carboxylic acids is 1. The number of aromatic nitrogens is 1. The normalized spacial score (nSPS) is 21.2. The number of carbonyl (C=O) groups is 1. The third kappa shape index (κ3) is 4.86. The number of hydrogen-bond donors (Lipinski definition) is 1. The molecular formula is C25H27NO5. The van der Waals surface area contributed by atoms with Gasteiger partial charge in [-0.2, -0.15) is 0 Å². The Hall–Kier alpha value is -2.96. The number of nitrogens with zero attached hydrogens (tertiary/aromatic N) is 1. The van der Waals surface area contributed by atoms with E-state index in [0.29, 0.717) is 25.5 Å². The highest BCUT2D eigenvalue weighted by atomic mass is 16.7. The largest absolute Gasteiger partial charge is 0.477 e. The van der Waals surface area contributed by atoms with Gasteiger partial charge in [0.15, 0.2) is 0 Å². The average Bonchev–Trinajstić information content (AvgIpc) is 3.11. The van der Waals surface area contributed by atoms with Crippen LogP contribution in [0.25, 0.3) is 11.5 Å². The molecule has 0 unspecified atom stereocenters. The lowest BCUT2D eigenvalue weighted by Crippen LogP contribution is -2.48. The van der Waals surface area contributed by atoms with Crippen molar-refractivity contribution in [2.45, 2.75) is 39.4 Å². The Morgan fingerprint density at radius 1 is 1.10 bits per heavy atom. The number of carboxylic acid groups (broad SMARTS) is 1. The van der Waals surface area contributed by atoms with Crippen molar-refractivity contribution in [3.8, 4) is 11.5 Å². The fourth-order valence-corrected chi connectivity index (χ4v) is 3.69. The molecule has 162 valence electrons. The minimum Gasteiger partial charge on any atom is -0.477 e. The standard InChI is InChI=1S/C25H27NO5/c1-16-7-9-21(10-8-16)23-26-22(17(2)31-23)13-19-6-4-5-18(11-19)12-20-14-29-25(3,24(27)28)30-15-20/h4-11,20H,12-15H2,1-3H3,(H,27,28). The lowest BCUT2D eigenvalue weighted by Gasteiger charge is -2.34. The molecule has 1 aliphatic heterocycles. The predicted molar refractivity (Wildman–Crippen MR) is 116 cm³/mol. The topological polar surface area (TPSA) is 81.8 Å². The van der Waals surface area contributed by atoms with Gasteiger partial charge in [-0.05, 0) is 43.5 Å². The van der Waals surface area contributed by atoms with Gasteiger partial charge in [-0.1, -0.05) is 42.0 Å². The maximum atomic E-state index is 11.2. The number of aryl methyl sites for hydroxylation is 2. The summed E-state index contributed by atoms with van der Waals surface area (Å²) in [7, 11) is 0. The molecule has 6 heteroatoms. The molecule has 1 aromatic heterocycles. The van der Waals surface area contributed by atoms with Crippen LogP contribution in [0.3, 0.4) is 0 Å². The van der Waals surface area contributed by atoms with Gasteiger partial charge in [-0.15, -0.1) is 0 Å². The van der Waals surface area contributed by atoms with Crippen molar-refractivity contribution in [1.29, 1.82) is 0 Å². The maximum absolute atomic E-state index is 11.2. The van der Waals surface area contributed by atoms with Crippen LogP contribution in [0.5, 0.6) is 0 Å². The Morgan fingerprint density at radius 2 is 1.77 bits per heavy atom. The van der Waals surface area contributed by atoms with E-state index in [1.165, 1.54) is 12.5 Å². The number of ether oxygens (including phenoxy) is 2. The first-order valence-electron chi connectivity index (χ1n) is 10.4. The smallest absolute Gasteiger partial charge is 0.364 e. The third-order valence-corrected chi connectivity index (χ3v) is 5.66. The Bertz CT molecular complexity index is 1060. The van der Waals surface area contributed by atoms with Crippen LogP contribution in [-0.4, -0.2) is 35.1 Å². The van der Waals surface area contributed by atoms with Gasteiger partial charge in [0.1, 0.15) is 5.76 Å². The van der Waals surface area contributed by atoms with E-state index in [4.69, 9.17) is 18.9 Å². The first-order chi connectivity index (χ1) is 14.8. The second-order valence-electron chi connectivity index (χ2n) is 8.33. The summed E-state index contributed by atoms with van der Waals surface area (Å²) in [6.45, 7) is 6.15. The van der Waals surface area contributed by atoms with E-state index in [0.717, 1.165) is 34.6 Å². The van der Waals surface area contributed by atoms with E-state index >= 15 is 0 Å². The zero-order chi connectivity index (χ0) is 22.0. The number of carboxylic acids is 1. The van der Waals surface area contributed by atoms with Gasteiger partial charge in [-0.3, -0.25) is 0 Å². The van der Waals surface area contributed by atoms with Gasteiger partial charge >= 0.3 is 5.97 Å². The van der Waals surface area contributed by atoms with Gasteiger partial charge in [0.05, 0.1) is 18.9 Å². The van der Waals surface area contributed by atoms with Gasteiger partial charge in [0.2, 0.25) is 5.89 Å². The summed E-state index contributed by atoms with van der Waals surface area (Å²) in [4.78, 5) is 16.0. The molecule has 0 bridgehead atoms. The van der Waals surface area contributed by atoms with E-state index in [9.17, 15) is 9.90 Å². The van der Waals surface area contributed by atoms with Crippen molar-refractivity contribution in [3.05, 3.63) is 76.7 Å². The quantitative estimate of drug-likeness (QED) is 0.629. The monoisotopic (exact) mass is 421 g/mol. The van der Waals surface area contributed by atoms with Crippen LogP contribution in [0, 0.1) is 19.8 Å². The molecule has 0 spiro atoms. The molecule has 0 aliphatic carbocycles. The number of hydrogen-bond acceptors (Lipinski definition) is 5. The molecule has 2 aromatic carbocycles. The van der Waals surface area contributed by atoms with Crippen LogP contribution in [0.15, 0.2) is 52.9 Å². The lowest BCUT2D eigenvalue weighted by atomic mass is 9.97. The van der Waals surface area contributed by atoms with Crippen molar-refractivity contribution < 1.29 is 23.8 Å². The van der Waals surface area contributed by atoms with E-state index in [1.807, 2.05) is 25.1 Å². The molecule has 4 rings (SSSR count). The van der Waals surface area contributed by atoms with Crippen LogP contribution < -0.4 is 0 Å². The molecule has 1 aliphatic rings. The highest BCUT2D eigenvalue weighted by Crippen LogP contribution is 2.26. The molecule has 31 heavy (non-hydrogen) atoms. The van der Waals surface area contributed by atoms with Crippen molar-refractivity contribution in [2.75, 3.05) is 13.2 Å². The van der Waals surface area contributed by atoms with E-state index in [1.54, 1.807) is 0 Å². The zero-order valence-electron chi connectivity index (χ0n) is 18.1. The SMILES string of the molecule is Cc1ccc(-c2nc(Cc3cccc(CC4COC(C)(C(=O)O)OC4)c3)c(C)o2)cc1. The first kappa shape index (κ1) is 21.3. The van der Waals surface area contributed by atoms with E-state index in [2.05, 4.69) is 37.3 Å². The fourth-order valence-electron chi connectivity index (χ4n) is 3.69. The summed E-state index contributed by atoms with van der Waals surface area (Å²) in [5.74, 6) is -1.06. The number of oxazole rings is 1. The zero-order valence-corrected chi connectivity index (χ0v) is 18.1. The molecule has 6 nitrogen and oxygen atoms in total. The van der Waals surface area contributed by atoms with Crippen molar-refractivity contribution in [1.82, 2.24) is 4.98 Å². The molecule has 3 aromatic rings. The molecule has 0 atom stereocenters. The molecule has 1 N–H and O–H groups in total. The average molecular weight is 421 g/mol. The molecule has 1 fully saturated rings. The minimum absolute atomic E-state index is 0.115. The second kappa shape index (κ2) is 8.65. The van der Waals surface area contributed by atoms with Crippen molar-refractivity contribution >= 4 is 5.97 Å². The van der Waals surface area contributed by atoms with Crippen LogP contribution in [-0.2, 0) is 27.1 Å². The Morgan fingerprint density at radius 3 is 2.45 bits per heavy atom. The summed E-state index contributed by atoms with van der Waals surface area (Å²) in [6, 6.07) is 16.5. The Balaban J connectivity index is 1.42. The van der Waals surface area contributed by atoms with E-state index < -0.39 is 11.8 Å². The Kier molecular flexibility index (Phi) is 5.94. The van der Waals surface area contributed by atoms with Gasteiger partial charge in [0, 0.05) is 24.8 Å². The number of benzene rings is 2. The van der Waals surface area contributed by atoms with Crippen LogP contribution in [0.1, 0.15) is 35.1 Å². The van der Waals surface area contributed by atoms with Gasteiger partial charge in [0.25, 0.3) is 5.79 Å². The van der Waals surface area contributed by atoms with Crippen LogP contribution in [0.4, 0.5) is 0 Å². The minimum atomic E-state index is -1.54. The van der Waals surface area contributed by atoms with Gasteiger partial charge < -0.3 is 19.0 Å². The molecule has 0 radical (unpaired) electrons. The third-order valence-electron chi connectivity index (χ3n) is 5.66. The fraction of sp³-hybridized carbons (Fsp3) is 0.360. The second-order valence-corrected chi connectivity index (χ2v) is 8.33. The molecule has 0 amide bonds. The van der Waals surface area contributed by atoms with Gasteiger partial charge in [-0.25, -0.2) is 9.78 Å².